The number of aromatic nitrogens is 4. The van der Waals surface area contributed by atoms with Gasteiger partial charge in [0.25, 0.3) is 18.1 Å². The molecular formula is C15H12ClF2N5O2. The highest BCUT2D eigenvalue weighted by Crippen LogP contribution is 2.28. The molecule has 2 heterocycles. The average Bonchev–Trinajstić information content (AvgIpc) is 2.98. The molecule has 2 aromatic heterocycles. The number of ether oxygens (including phenoxy) is 1. The van der Waals surface area contributed by atoms with Crippen LogP contribution in [0.25, 0.3) is 5.78 Å². The number of aryl methyl sites for hydroxylation is 1. The van der Waals surface area contributed by atoms with Crippen molar-refractivity contribution in [2.45, 2.75) is 13.3 Å². The van der Waals surface area contributed by atoms with Crippen LogP contribution in [0.3, 0.4) is 0 Å². The van der Waals surface area contributed by atoms with Gasteiger partial charge in [0.2, 0.25) is 5.82 Å². The Kier molecular flexibility index (Phi) is 4.49. The molecule has 0 fully saturated rings. The molecule has 0 saturated carbocycles. The van der Waals surface area contributed by atoms with E-state index in [4.69, 9.17) is 16.3 Å². The second-order valence-corrected chi connectivity index (χ2v) is 5.51. The maximum Gasteiger partial charge on any atom is 0.295 e. The number of fused-ring (bicyclic) bond motifs is 1. The maximum atomic E-state index is 13.1. The molecule has 3 aromatic rings. The van der Waals surface area contributed by atoms with E-state index in [1.165, 1.54) is 19.2 Å². The van der Waals surface area contributed by atoms with Crippen LogP contribution in [0, 0.1) is 6.92 Å². The zero-order valence-corrected chi connectivity index (χ0v) is 13.9. The van der Waals surface area contributed by atoms with Gasteiger partial charge < -0.3 is 10.1 Å². The van der Waals surface area contributed by atoms with Gasteiger partial charge in [-0.05, 0) is 31.2 Å². The number of anilines is 1. The number of nitrogens with one attached hydrogen (secondary N) is 1. The number of carbonyl (C=O) groups excluding carboxylic acids is 1. The number of methoxy groups -OCH3 is 1. The molecule has 10 heteroatoms. The minimum atomic E-state index is -2.78. The number of carbonyl (C=O) groups is 1. The third kappa shape index (κ3) is 3.36. The van der Waals surface area contributed by atoms with Crippen LogP contribution in [0.5, 0.6) is 5.75 Å². The Balaban J connectivity index is 1.98. The van der Waals surface area contributed by atoms with E-state index in [0.29, 0.717) is 22.2 Å². The first kappa shape index (κ1) is 17.0. The Hall–Kier alpha value is -2.81. The van der Waals surface area contributed by atoms with Crippen molar-refractivity contribution in [3.63, 3.8) is 0 Å². The summed E-state index contributed by atoms with van der Waals surface area (Å²) < 4.78 is 32.2. The van der Waals surface area contributed by atoms with Crippen LogP contribution in [0.15, 0.2) is 24.3 Å². The molecule has 0 unspecified atom stereocenters. The van der Waals surface area contributed by atoms with E-state index < -0.39 is 18.0 Å². The zero-order valence-electron chi connectivity index (χ0n) is 13.1. The van der Waals surface area contributed by atoms with Crippen molar-refractivity contribution >= 4 is 29.0 Å². The summed E-state index contributed by atoms with van der Waals surface area (Å²) >= 11 is 5.90. The standard InChI is InChI=1S/C15H12ClF2N5O2/c1-7-5-10(12(17)18)23-15(19-7)21-13(22-23)14(24)20-9-6-8(16)3-4-11(9)25-2/h3-6,12H,1-2H3,(H,20,24). The van der Waals surface area contributed by atoms with Crippen molar-refractivity contribution in [2.75, 3.05) is 12.4 Å². The van der Waals surface area contributed by atoms with Gasteiger partial charge in [0.05, 0.1) is 12.8 Å². The quantitative estimate of drug-likeness (QED) is 0.765. The van der Waals surface area contributed by atoms with E-state index in [1.807, 2.05) is 0 Å². The van der Waals surface area contributed by atoms with Gasteiger partial charge in [-0.25, -0.2) is 13.8 Å². The lowest BCUT2D eigenvalue weighted by molar-refractivity contribution is 0.101. The summed E-state index contributed by atoms with van der Waals surface area (Å²) in [6.45, 7) is 1.55. The van der Waals surface area contributed by atoms with E-state index in [2.05, 4.69) is 20.4 Å². The van der Waals surface area contributed by atoms with Gasteiger partial charge in [-0.1, -0.05) is 11.6 Å². The smallest absolute Gasteiger partial charge is 0.295 e. The number of alkyl halides is 2. The highest BCUT2D eigenvalue weighted by Gasteiger charge is 2.20. The number of halogens is 3. The minimum absolute atomic E-state index is 0.0847. The van der Waals surface area contributed by atoms with Crippen LogP contribution in [0.4, 0.5) is 14.5 Å². The highest BCUT2D eigenvalue weighted by atomic mass is 35.5. The molecule has 1 aromatic carbocycles. The predicted molar refractivity (Wildman–Crippen MR) is 86.4 cm³/mol. The number of hydrogen-bond donors (Lipinski definition) is 1. The molecule has 3 rings (SSSR count). The third-order valence-electron chi connectivity index (χ3n) is 3.30. The van der Waals surface area contributed by atoms with Crippen LogP contribution in [-0.2, 0) is 0 Å². The van der Waals surface area contributed by atoms with E-state index in [-0.39, 0.29) is 11.6 Å². The molecule has 1 amide bonds. The summed E-state index contributed by atoms with van der Waals surface area (Å²) in [6.07, 6.45) is -2.78. The van der Waals surface area contributed by atoms with Crippen molar-refractivity contribution in [2.24, 2.45) is 0 Å². The lowest BCUT2D eigenvalue weighted by Gasteiger charge is -2.09. The largest absolute Gasteiger partial charge is 0.495 e. The molecule has 0 atom stereocenters. The summed E-state index contributed by atoms with van der Waals surface area (Å²) in [5, 5.41) is 6.75. The van der Waals surface area contributed by atoms with Crippen molar-refractivity contribution in [1.82, 2.24) is 19.6 Å². The van der Waals surface area contributed by atoms with Crippen LogP contribution in [0.2, 0.25) is 5.02 Å². The van der Waals surface area contributed by atoms with E-state index >= 15 is 0 Å². The van der Waals surface area contributed by atoms with Crippen molar-refractivity contribution in [1.29, 1.82) is 0 Å². The summed E-state index contributed by atoms with van der Waals surface area (Å²) in [6, 6.07) is 5.85. The Morgan fingerprint density at radius 2 is 2.08 bits per heavy atom. The molecule has 130 valence electrons. The van der Waals surface area contributed by atoms with Gasteiger partial charge in [0.1, 0.15) is 11.4 Å². The molecular weight excluding hydrogens is 356 g/mol. The lowest BCUT2D eigenvalue weighted by Crippen LogP contribution is -2.14. The first-order chi connectivity index (χ1) is 11.9. The fraction of sp³-hybridized carbons (Fsp3) is 0.200. The molecule has 0 radical (unpaired) electrons. The SMILES string of the molecule is COc1ccc(Cl)cc1NC(=O)c1nc2nc(C)cc(C(F)F)n2n1. The number of nitrogens with zero attached hydrogens (tertiary/aromatic N) is 4. The normalized spacial score (nSPS) is 11.1. The molecule has 0 aliphatic carbocycles. The zero-order chi connectivity index (χ0) is 18.1. The van der Waals surface area contributed by atoms with Gasteiger partial charge in [0.15, 0.2) is 0 Å². The predicted octanol–water partition coefficient (Wildman–Crippen LogP) is 3.28. The van der Waals surface area contributed by atoms with Crippen molar-refractivity contribution < 1.29 is 18.3 Å². The summed E-state index contributed by atoms with van der Waals surface area (Å²) in [7, 11) is 1.43. The Labute approximate surface area is 145 Å². The van der Waals surface area contributed by atoms with Gasteiger partial charge in [0, 0.05) is 10.7 Å². The van der Waals surface area contributed by atoms with E-state index in [1.54, 1.807) is 19.1 Å². The molecule has 0 aliphatic rings. The van der Waals surface area contributed by atoms with Gasteiger partial charge >= 0.3 is 0 Å². The topological polar surface area (TPSA) is 81.4 Å². The van der Waals surface area contributed by atoms with Crippen molar-refractivity contribution in [3.8, 4) is 5.75 Å². The molecule has 25 heavy (non-hydrogen) atoms. The average molecular weight is 368 g/mol. The third-order valence-corrected chi connectivity index (χ3v) is 3.54. The lowest BCUT2D eigenvalue weighted by atomic mass is 10.3. The molecule has 0 bridgehead atoms. The number of rotatable bonds is 4. The van der Waals surface area contributed by atoms with Crippen molar-refractivity contribution in [3.05, 3.63) is 46.5 Å². The fourth-order valence-electron chi connectivity index (χ4n) is 2.22. The monoisotopic (exact) mass is 367 g/mol. The van der Waals surface area contributed by atoms with Gasteiger partial charge in [-0.2, -0.15) is 9.50 Å². The van der Waals surface area contributed by atoms with Gasteiger partial charge in [-0.15, -0.1) is 5.10 Å². The Bertz CT molecular complexity index is 960. The second kappa shape index (κ2) is 6.60. The van der Waals surface area contributed by atoms with Crippen LogP contribution < -0.4 is 10.1 Å². The molecule has 0 saturated heterocycles. The highest BCUT2D eigenvalue weighted by molar-refractivity contribution is 6.31. The number of amides is 1. The fourth-order valence-corrected chi connectivity index (χ4v) is 2.39. The Morgan fingerprint density at radius 1 is 1.32 bits per heavy atom. The number of benzene rings is 1. The van der Waals surface area contributed by atoms with Gasteiger partial charge in [-0.3, -0.25) is 4.79 Å². The molecule has 7 nitrogen and oxygen atoms in total. The molecule has 1 N–H and O–H groups in total. The summed E-state index contributed by atoms with van der Waals surface area (Å²) in [4.78, 5) is 20.3. The van der Waals surface area contributed by atoms with Crippen LogP contribution >= 0.6 is 11.6 Å². The van der Waals surface area contributed by atoms with E-state index in [0.717, 1.165) is 4.52 Å². The first-order valence-corrected chi connectivity index (χ1v) is 7.44. The summed E-state index contributed by atoms with van der Waals surface area (Å²) in [5.41, 5.74) is 0.255. The molecule has 0 spiro atoms. The van der Waals surface area contributed by atoms with Crippen LogP contribution in [0.1, 0.15) is 28.4 Å². The molecule has 0 aliphatic heterocycles. The maximum absolute atomic E-state index is 13.1. The summed E-state index contributed by atoms with van der Waals surface area (Å²) in [5.74, 6) is -0.715. The van der Waals surface area contributed by atoms with E-state index in [9.17, 15) is 13.6 Å². The van der Waals surface area contributed by atoms with Crippen LogP contribution in [-0.4, -0.2) is 32.6 Å². The minimum Gasteiger partial charge on any atom is -0.495 e. The Morgan fingerprint density at radius 3 is 2.76 bits per heavy atom. The first-order valence-electron chi connectivity index (χ1n) is 7.06. The number of hydrogen-bond acceptors (Lipinski definition) is 5. The second-order valence-electron chi connectivity index (χ2n) is 5.07.